The van der Waals surface area contributed by atoms with Gasteiger partial charge in [-0.3, -0.25) is 4.79 Å². The van der Waals surface area contributed by atoms with E-state index in [0.29, 0.717) is 0 Å². The molecule has 0 heterocycles. The van der Waals surface area contributed by atoms with Gasteiger partial charge in [-0.25, -0.2) is 4.79 Å². The van der Waals surface area contributed by atoms with Crippen molar-refractivity contribution in [2.24, 2.45) is 0 Å². The smallest absolute Gasteiger partial charge is 0.338 e. The topological polar surface area (TPSA) is 46.6 Å². The highest BCUT2D eigenvalue weighted by Crippen LogP contribution is 2.28. The standard InChI is InChI=1S/C8H11Cl2NO3/c1-11(2)4-6(7(13)14-3)8(9,10)5-12/h4-5H,1-3H3. The van der Waals surface area contributed by atoms with Crippen LogP contribution in [0.5, 0.6) is 0 Å². The fourth-order valence-corrected chi connectivity index (χ4v) is 0.958. The number of carbonyl (C=O) groups excluding carboxylic acids is 2. The first kappa shape index (κ1) is 13.3. The molecular formula is C8H11Cl2NO3. The maximum atomic E-state index is 11.2. The summed E-state index contributed by atoms with van der Waals surface area (Å²) in [6, 6.07) is 0. The van der Waals surface area contributed by atoms with Crippen molar-refractivity contribution in [1.82, 2.24) is 4.90 Å². The Hall–Kier alpha value is -0.740. The minimum Gasteiger partial charge on any atom is -0.466 e. The first-order valence-corrected chi connectivity index (χ1v) is 4.42. The van der Waals surface area contributed by atoms with Crippen molar-refractivity contribution in [2.45, 2.75) is 4.33 Å². The van der Waals surface area contributed by atoms with E-state index >= 15 is 0 Å². The molecule has 0 aromatic heterocycles. The van der Waals surface area contributed by atoms with Gasteiger partial charge in [-0.1, -0.05) is 23.2 Å². The van der Waals surface area contributed by atoms with E-state index in [2.05, 4.69) is 4.74 Å². The van der Waals surface area contributed by atoms with E-state index in [0.717, 1.165) is 0 Å². The Balaban J connectivity index is 5.11. The van der Waals surface area contributed by atoms with E-state index in [1.165, 1.54) is 18.2 Å². The molecule has 0 rings (SSSR count). The van der Waals surface area contributed by atoms with Crippen LogP contribution >= 0.6 is 23.2 Å². The normalized spacial score (nSPS) is 12.2. The second kappa shape index (κ2) is 5.22. The zero-order valence-electron chi connectivity index (χ0n) is 8.08. The van der Waals surface area contributed by atoms with Gasteiger partial charge in [0.15, 0.2) is 6.29 Å². The number of esters is 1. The minimum atomic E-state index is -1.88. The van der Waals surface area contributed by atoms with Gasteiger partial charge >= 0.3 is 5.97 Å². The second-order valence-electron chi connectivity index (χ2n) is 2.74. The van der Waals surface area contributed by atoms with Crippen LogP contribution in [-0.2, 0) is 14.3 Å². The fourth-order valence-electron chi connectivity index (χ4n) is 0.706. The first-order valence-electron chi connectivity index (χ1n) is 3.66. The van der Waals surface area contributed by atoms with Crippen LogP contribution < -0.4 is 0 Å². The van der Waals surface area contributed by atoms with Crippen molar-refractivity contribution in [3.63, 3.8) is 0 Å². The number of aldehydes is 1. The zero-order chi connectivity index (χ0) is 11.4. The van der Waals surface area contributed by atoms with Crippen LogP contribution in [0.15, 0.2) is 11.8 Å². The Labute approximate surface area is 92.4 Å². The van der Waals surface area contributed by atoms with Crippen molar-refractivity contribution in [3.8, 4) is 0 Å². The molecule has 0 aromatic rings. The lowest BCUT2D eigenvalue weighted by Gasteiger charge is -2.17. The molecular weight excluding hydrogens is 229 g/mol. The summed E-state index contributed by atoms with van der Waals surface area (Å²) in [5.41, 5.74) is -0.122. The molecule has 0 aliphatic rings. The number of halogens is 2. The number of carbonyl (C=O) groups is 2. The molecule has 0 saturated heterocycles. The number of methoxy groups -OCH3 is 1. The molecule has 0 aliphatic carbocycles. The highest BCUT2D eigenvalue weighted by atomic mass is 35.5. The van der Waals surface area contributed by atoms with Crippen LogP contribution in [0, 0.1) is 0 Å². The van der Waals surface area contributed by atoms with Crippen LogP contribution in [0.25, 0.3) is 0 Å². The molecule has 0 spiro atoms. The van der Waals surface area contributed by atoms with Crippen LogP contribution in [-0.4, -0.2) is 42.7 Å². The molecule has 80 valence electrons. The zero-order valence-corrected chi connectivity index (χ0v) is 9.59. The third kappa shape index (κ3) is 3.55. The van der Waals surface area contributed by atoms with Gasteiger partial charge in [-0.15, -0.1) is 0 Å². The molecule has 0 bridgehead atoms. The highest BCUT2D eigenvalue weighted by molar-refractivity contribution is 6.59. The molecule has 6 heteroatoms. The summed E-state index contributed by atoms with van der Waals surface area (Å²) in [4.78, 5) is 23.3. The van der Waals surface area contributed by atoms with Gasteiger partial charge in [-0.05, 0) is 0 Å². The summed E-state index contributed by atoms with van der Waals surface area (Å²) >= 11 is 11.2. The van der Waals surface area contributed by atoms with Crippen LogP contribution in [0.3, 0.4) is 0 Å². The molecule has 0 N–H and O–H groups in total. The molecule has 0 radical (unpaired) electrons. The molecule has 0 fully saturated rings. The number of alkyl halides is 2. The number of hydrogen-bond donors (Lipinski definition) is 0. The van der Waals surface area contributed by atoms with E-state index in [1.54, 1.807) is 14.1 Å². The molecule has 0 saturated carbocycles. The average Bonchev–Trinajstić information content (AvgIpc) is 2.12. The molecule has 0 atom stereocenters. The van der Waals surface area contributed by atoms with E-state index in [9.17, 15) is 9.59 Å². The Morgan fingerprint density at radius 2 is 1.93 bits per heavy atom. The number of nitrogens with zero attached hydrogens (tertiary/aromatic N) is 1. The molecule has 4 nitrogen and oxygen atoms in total. The summed E-state index contributed by atoms with van der Waals surface area (Å²) in [6.45, 7) is 0. The molecule has 0 amide bonds. The monoisotopic (exact) mass is 239 g/mol. The predicted octanol–water partition coefficient (Wildman–Crippen LogP) is 0.978. The number of hydrogen-bond acceptors (Lipinski definition) is 4. The van der Waals surface area contributed by atoms with E-state index in [1.807, 2.05) is 0 Å². The third-order valence-corrected chi connectivity index (χ3v) is 1.89. The summed E-state index contributed by atoms with van der Waals surface area (Å²) in [5, 5.41) is 0. The second-order valence-corrected chi connectivity index (χ2v) is 4.12. The summed E-state index contributed by atoms with van der Waals surface area (Å²) in [6.07, 6.45) is 1.60. The predicted molar refractivity (Wildman–Crippen MR) is 54.3 cm³/mol. The lowest BCUT2D eigenvalue weighted by atomic mass is 10.2. The average molecular weight is 240 g/mol. The Morgan fingerprint density at radius 1 is 1.43 bits per heavy atom. The van der Waals surface area contributed by atoms with Crippen LogP contribution in [0.2, 0.25) is 0 Å². The quantitative estimate of drug-likeness (QED) is 0.318. The molecule has 0 aromatic carbocycles. The largest absolute Gasteiger partial charge is 0.466 e. The van der Waals surface area contributed by atoms with Crippen molar-refractivity contribution in [2.75, 3.05) is 21.2 Å². The minimum absolute atomic E-state index is 0.122. The summed E-state index contributed by atoms with van der Waals surface area (Å²) in [5.74, 6) is -0.740. The maximum Gasteiger partial charge on any atom is 0.338 e. The van der Waals surface area contributed by atoms with Crippen molar-refractivity contribution >= 4 is 35.5 Å². The number of rotatable bonds is 4. The number of ether oxygens (including phenoxy) is 1. The third-order valence-electron chi connectivity index (χ3n) is 1.30. The van der Waals surface area contributed by atoms with Gasteiger partial charge in [0.2, 0.25) is 4.33 Å². The Bertz CT molecular complexity index is 261. The summed E-state index contributed by atoms with van der Waals surface area (Å²) < 4.78 is 2.56. The van der Waals surface area contributed by atoms with Crippen LogP contribution in [0.1, 0.15) is 0 Å². The fraction of sp³-hybridized carbons (Fsp3) is 0.500. The maximum absolute atomic E-state index is 11.2. The highest BCUT2D eigenvalue weighted by Gasteiger charge is 2.34. The Morgan fingerprint density at radius 3 is 2.21 bits per heavy atom. The SMILES string of the molecule is COC(=O)C(=CN(C)C)C(Cl)(Cl)C=O. The van der Waals surface area contributed by atoms with E-state index < -0.39 is 10.3 Å². The van der Waals surface area contributed by atoms with Gasteiger partial charge in [0.25, 0.3) is 0 Å². The van der Waals surface area contributed by atoms with Gasteiger partial charge in [0.1, 0.15) is 0 Å². The molecule has 0 unspecified atom stereocenters. The molecule has 14 heavy (non-hydrogen) atoms. The Kier molecular flexibility index (Phi) is 4.94. The van der Waals surface area contributed by atoms with E-state index in [-0.39, 0.29) is 11.9 Å². The van der Waals surface area contributed by atoms with Crippen molar-refractivity contribution < 1.29 is 14.3 Å². The van der Waals surface area contributed by atoms with Gasteiger partial charge in [0.05, 0.1) is 12.7 Å². The molecule has 0 aliphatic heterocycles. The lowest BCUT2D eigenvalue weighted by Crippen LogP contribution is -2.27. The van der Waals surface area contributed by atoms with Crippen molar-refractivity contribution in [1.29, 1.82) is 0 Å². The van der Waals surface area contributed by atoms with E-state index in [4.69, 9.17) is 23.2 Å². The van der Waals surface area contributed by atoms with Gasteiger partial charge in [0, 0.05) is 20.3 Å². The summed E-state index contributed by atoms with van der Waals surface area (Å²) in [7, 11) is 4.51. The van der Waals surface area contributed by atoms with Gasteiger partial charge < -0.3 is 9.64 Å². The van der Waals surface area contributed by atoms with Crippen molar-refractivity contribution in [3.05, 3.63) is 11.8 Å². The van der Waals surface area contributed by atoms with Gasteiger partial charge in [-0.2, -0.15) is 0 Å². The van der Waals surface area contributed by atoms with Crippen LogP contribution in [0.4, 0.5) is 0 Å². The lowest BCUT2D eigenvalue weighted by molar-refractivity contribution is -0.136. The first-order chi connectivity index (χ1) is 6.35.